The smallest absolute Gasteiger partial charge is 0.341 e. The number of aromatic carboxylic acids is 1. The Balaban J connectivity index is 2.14. The standard InChI is InChI=1S/C21H21NO4/c1-2-15-5-3-4-6-16(15)11-14-7-8-19-17(12-14)20(24)18(21(25)26)13-22(19)9-10-23/h3-8,12-13,23H,2,9-11H2,1H3,(H,25,26). The van der Waals surface area contributed by atoms with Crippen molar-refractivity contribution >= 4 is 16.9 Å². The lowest BCUT2D eigenvalue weighted by Gasteiger charge is -2.13. The number of aliphatic hydroxyl groups is 1. The zero-order chi connectivity index (χ0) is 18.7. The van der Waals surface area contributed by atoms with Crippen LogP contribution in [0.25, 0.3) is 10.9 Å². The third-order valence-corrected chi connectivity index (χ3v) is 4.61. The topological polar surface area (TPSA) is 79.5 Å². The summed E-state index contributed by atoms with van der Waals surface area (Å²) < 4.78 is 1.62. The van der Waals surface area contributed by atoms with Gasteiger partial charge in [0.25, 0.3) is 0 Å². The maximum Gasteiger partial charge on any atom is 0.341 e. The summed E-state index contributed by atoms with van der Waals surface area (Å²) in [6.07, 6.45) is 2.90. The van der Waals surface area contributed by atoms with E-state index in [4.69, 9.17) is 0 Å². The predicted molar refractivity (Wildman–Crippen MR) is 101 cm³/mol. The highest BCUT2D eigenvalue weighted by Gasteiger charge is 2.15. The molecule has 3 aromatic rings. The van der Waals surface area contributed by atoms with Crippen LogP contribution < -0.4 is 5.43 Å². The molecule has 0 saturated heterocycles. The molecule has 2 aromatic carbocycles. The van der Waals surface area contributed by atoms with Crippen molar-refractivity contribution in [3.05, 3.63) is 81.1 Å². The van der Waals surface area contributed by atoms with Gasteiger partial charge in [0.15, 0.2) is 0 Å². The fraction of sp³-hybridized carbons (Fsp3) is 0.238. The van der Waals surface area contributed by atoms with E-state index in [2.05, 4.69) is 19.1 Å². The van der Waals surface area contributed by atoms with Crippen molar-refractivity contribution in [2.75, 3.05) is 6.61 Å². The summed E-state index contributed by atoms with van der Waals surface area (Å²) in [5.74, 6) is -1.26. The summed E-state index contributed by atoms with van der Waals surface area (Å²) >= 11 is 0. The minimum Gasteiger partial charge on any atom is -0.477 e. The van der Waals surface area contributed by atoms with Crippen molar-refractivity contribution in [3.8, 4) is 0 Å². The Morgan fingerprint density at radius 1 is 1.12 bits per heavy atom. The number of hydrogen-bond donors (Lipinski definition) is 2. The number of pyridine rings is 1. The molecular weight excluding hydrogens is 330 g/mol. The Morgan fingerprint density at radius 3 is 2.50 bits per heavy atom. The maximum absolute atomic E-state index is 12.6. The van der Waals surface area contributed by atoms with E-state index in [1.807, 2.05) is 24.3 Å². The summed E-state index contributed by atoms with van der Waals surface area (Å²) in [5.41, 5.74) is 3.25. The number of carbonyl (C=O) groups is 1. The molecule has 2 N–H and O–H groups in total. The van der Waals surface area contributed by atoms with Crippen molar-refractivity contribution in [1.82, 2.24) is 4.57 Å². The van der Waals surface area contributed by atoms with Gasteiger partial charge >= 0.3 is 5.97 Å². The second-order valence-electron chi connectivity index (χ2n) is 6.24. The molecule has 0 unspecified atom stereocenters. The molecule has 0 bridgehead atoms. The van der Waals surface area contributed by atoms with E-state index in [0.717, 1.165) is 12.0 Å². The molecule has 0 aliphatic rings. The Morgan fingerprint density at radius 2 is 1.85 bits per heavy atom. The highest BCUT2D eigenvalue weighted by atomic mass is 16.4. The normalized spacial score (nSPS) is 11.0. The van der Waals surface area contributed by atoms with Gasteiger partial charge in [-0.15, -0.1) is 0 Å². The molecule has 0 atom stereocenters. The highest BCUT2D eigenvalue weighted by molar-refractivity contribution is 5.92. The van der Waals surface area contributed by atoms with Crippen molar-refractivity contribution in [2.45, 2.75) is 26.3 Å². The highest BCUT2D eigenvalue weighted by Crippen LogP contribution is 2.19. The van der Waals surface area contributed by atoms with Crippen molar-refractivity contribution < 1.29 is 15.0 Å². The lowest BCUT2D eigenvalue weighted by atomic mass is 9.97. The van der Waals surface area contributed by atoms with E-state index >= 15 is 0 Å². The molecular formula is C21H21NO4. The molecule has 1 heterocycles. The first-order valence-electron chi connectivity index (χ1n) is 8.62. The first kappa shape index (κ1) is 17.9. The molecule has 0 spiro atoms. The molecule has 0 amide bonds. The minimum absolute atomic E-state index is 0.136. The van der Waals surface area contributed by atoms with Gasteiger partial charge in [-0.1, -0.05) is 37.3 Å². The van der Waals surface area contributed by atoms with E-state index < -0.39 is 11.4 Å². The predicted octanol–water partition coefficient (Wildman–Crippen LogP) is 2.85. The summed E-state index contributed by atoms with van der Waals surface area (Å²) in [5, 5.41) is 18.9. The van der Waals surface area contributed by atoms with Gasteiger partial charge in [-0.3, -0.25) is 4.79 Å². The SMILES string of the molecule is CCc1ccccc1Cc1ccc2c(c1)c(=O)c(C(=O)O)cn2CCO. The number of rotatable bonds is 6. The average molecular weight is 351 g/mol. The lowest BCUT2D eigenvalue weighted by Crippen LogP contribution is -2.19. The third kappa shape index (κ3) is 3.39. The van der Waals surface area contributed by atoms with Crippen LogP contribution in [-0.4, -0.2) is 27.4 Å². The van der Waals surface area contributed by atoms with Crippen LogP contribution in [0.5, 0.6) is 0 Å². The Kier molecular flexibility index (Phi) is 5.19. The fourth-order valence-corrected chi connectivity index (χ4v) is 3.29. The van der Waals surface area contributed by atoms with Gasteiger partial charge in [-0.25, -0.2) is 4.79 Å². The first-order valence-corrected chi connectivity index (χ1v) is 8.62. The van der Waals surface area contributed by atoms with E-state index in [1.54, 1.807) is 10.6 Å². The summed E-state index contributed by atoms with van der Waals surface area (Å²) in [4.78, 5) is 24.0. The second-order valence-corrected chi connectivity index (χ2v) is 6.24. The van der Waals surface area contributed by atoms with E-state index in [1.165, 1.54) is 17.3 Å². The zero-order valence-electron chi connectivity index (χ0n) is 14.6. The number of aliphatic hydroxyl groups excluding tert-OH is 1. The van der Waals surface area contributed by atoms with Gasteiger partial charge in [0.05, 0.1) is 12.1 Å². The van der Waals surface area contributed by atoms with Gasteiger partial charge in [0, 0.05) is 18.1 Å². The number of carboxylic acid groups (broad SMARTS) is 1. The Bertz CT molecular complexity index is 1020. The largest absolute Gasteiger partial charge is 0.477 e. The van der Waals surface area contributed by atoms with Crippen LogP contribution >= 0.6 is 0 Å². The maximum atomic E-state index is 12.6. The van der Waals surface area contributed by atoms with E-state index in [-0.39, 0.29) is 18.7 Å². The molecule has 26 heavy (non-hydrogen) atoms. The molecule has 5 heteroatoms. The van der Waals surface area contributed by atoms with Crippen LogP contribution in [0.2, 0.25) is 0 Å². The number of nitrogens with zero attached hydrogens (tertiary/aromatic N) is 1. The van der Waals surface area contributed by atoms with Crippen molar-refractivity contribution in [3.63, 3.8) is 0 Å². The van der Waals surface area contributed by atoms with E-state index in [9.17, 15) is 19.8 Å². The molecule has 134 valence electrons. The van der Waals surface area contributed by atoms with Gasteiger partial charge in [0.1, 0.15) is 5.56 Å². The van der Waals surface area contributed by atoms with Gasteiger partial charge in [-0.2, -0.15) is 0 Å². The number of fused-ring (bicyclic) bond motifs is 1. The van der Waals surface area contributed by atoms with Gasteiger partial charge < -0.3 is 14.8 Å². The zero-order valence-corrected chi connectivity index (χ0v) is 14.6. The van der Waals surface area contributed by atoms with Crippen molar-refractivity contribution in [1.29, 1.82) is 0 Å². The summed E-state index contributed by atoms with van der Waals surface area (Å²) in [7, 11) is 0. The molecule has 0 aliphatic carbocycles. The quantitative estimate of drug-likeness (QED) is 0.716. The number of aryl methyl sites for hydroxylation is 1. The monoisotopic (exact) mass is 351 g/mol. The fourth-order valence-electron chi connectivity index (χ4n) is 3.29. The summed E-state index contributed by atoms with van der Waals surface area (Å²) in [6, 6.07) is 13.7. The Labute approximate surface area is 151 Å². The van der Waals surface area contributed by atoms with Crippen LogP contribution in [0.15, 0.2) is 53.5 Å². The molecule has 1 aromatic heterocycles. The number of aromatic nitrogens is 1. The third-order valence-electron chi connectivity index (χ3n) is 4.61. The number of carboxylic acids is 1. The number of hydrogen-bond acceptors (Lipinski definition) is 3. The lowest BCUT2D eigenvalue weighted by molar-refractivity contribution is 0.0694. The van der Waals surface area contributed by atoms with Crippen LogP contribution in [0.3, 0.4) is 0 Å². The van der Waals surface area contributed by atoms with Gasteiger partial charge in [-0.05, 0) is 41.7 Å². The summed E-state index contributed by atoms with van der Waals surface area (Å²) in [6.45, 7) is 2.20. The van der Waals surface area contributed by atoms with Crippen LogP contribution in [0.1, 0.15) is 34.0 Å². The Hall–Kier alpha value is -2.92. The van der Waals surface area contributed by atoms with Crippen LogP contribution in [0, 0.1) is 0 Å². The average Bonchev–Trinajstić information content (AvgIpc) is 2.64. The molecule has 0 fully saturated rings. The molecule has 0 saturated carbocycles. The van der Waals surface area contributed by atoms with Gasteiger partial charge in [0.2, 0.25) is 5.43 Å². The minimum atomic E-state index is -1.26. The molecule has 0 radical (unpaired) electrons. The number of benzene rings is 2. The first-order chi connectivity index (χ1) is 12.5. The molecule has 3 rings (SSSR count). The molecule has 5 nitrogen and oxygen atoms in total. The van der Waals surface area contributed by atoms with Crippen LogP contribution in [0.4, 0.5) is 0 Å². The molecule has 0 aliphatic heterocycles. The van der Waals surface area contributed by atoms with Crippen molar-refractivity contribution in [2.24, 2.45) is 0 Å². The van der Waals surface area contributed by atoms with E-state index in [0.29, 0.717) is 17.3 Å². The van der Waals surface area contributed by atoms with Crippen LogP contribution in [-0.2, 0) is 19.4 Å². The second kappa shape index (κ2) is 7.54.